The molecule has 0 aliphatic heterocycles. The van der Waals surface area contributed by atoms with Gasteiger partial charge in [0.05, 0.1) is 0 Å². The van der Waals surface area contributed by atoms with Gasteiger partial charge in [0.25, 0.3) is 0 Å². The third kappa shape index (κ3) is 2.71. The summed E-state index contributed by atoms with van der Waals surface area (Å²) in [5.41, 5.74) is 3.19. The standard InChI is InChI=1S/C14H19N3O/c1-4-15-9-13-14(18-10-16-13)11-5-7-12(8-6-11)17(2)3/h5-8,10,15H,4,9H2,1-3H3. The Morgan fingerprint density at radius 1 is 1.22 bits per heavy atom. The molecule has 1 aromatic carbocycles. The smallest absolute Gasteiger partial charge is 0.181 e. The Bertz CT molecular complexity index is 488. The van der Waals surface area contributed by atoms with Crippen LogP contribution in [0.4, 0.5) is 5.69 Å². The third-order valence-electron chi connectivity index (χ3n) is 2.83. The zero-order valence-electron chi connectivity index (χ0n) is 11.1. The second-order valence-electron chi connectivity index (χ2n) is 4.35. The molecule has 0 saturated heterocycles. The molecule has 1 N–H and O–H groups in total. The summed E-state index contributed by atoms with van der Waals surface area (Å²) in [6.45, 7) is 3.73. The highest BCUT2D eigenvalue weighted by atomic mass is 16.3. The molecule has 0 saturated carbocycles. The minimum atomic E-state index is 0.734. The van der Waals surface area contributed by atoms with Gasteiger partial charge in [0.2, 0.25) is 0 Å². The molecular formula is C14H19N3O. The van der Waals surface area contributed by atoms with Crippen LogP contribution in [-0.4, -0.2) is 25.6 Å². The highest BCUT2D eigenvalue weighted by Gasteiger charge is 2.10. The SMILES string of the molecule is CCNCc1ncoc1-c1ccc(N(C)C)cc1. The van der Waals surface area contributed by atoms with Crippen molar-refractivity contribution in [3.63, 3.8) is 0 Å². The van der Waals surface area contributed by atoms with Crippen molar-refractivity contribution in [1.29, 1.82) is 0 Å². The Labute approximate surface area is 108 Å². The first-order valence-electron chi connectivity index (χ1n) is 6.13. The van der Waals surface area contributed by atoms with Gasteiger partial charge >= 0.3 is 0 Å². The number of aromatic nitrogens is 1. The van der Waals surface area contributed by atoms with Crippen LogP contribution in [0, 0.1) is 0 Å². The molecule has 4 nitrogen and oxygen atoms in total. The Balaban J connectivity index is 2.23. The lowest BCUT2D eigenvalue weighted by molar-refractivity contribution is 0.570. The van der Waals surface area contributed by atoms with Crippen molar-refractivity contribution in [2.24, 2.45) is 0 Å². The Kier molecular flexibility index (Phi) is 3.99. The Morgan fingerprint density at radius 3 is 2.56 bits per heavy atom. The van der Waals surface area contributed by atoms with E-state index in [1.807, 2.05) is 14.1 Å². The summed E-state index contributed by atoms with van der Waals surface area (Å²) in [5, 5.41) is 3.26. The lowest BCUT2D eigenvalue weighted by Gasteiger charge is -2.12. The van der Waals surface area contributed by atoms with Gasteiger partial charge in [-0.05, 0) is 30.8 Å². The highest BCUT2D eigenvalue weighted by molar-refractivity contribution is 5.63. The van der Waals surface area contributed by atoms with Crippen molar-refractivity contribution < 1.29 is 4.42 Å². The van der Waals surface area contributed by atoms with Crippen molar-refractivity contribution in [2.75, 3.05) is 25.5 Å². The van der Waals surface area contributed by atoms with Crippen LogP contribution in [0.2, 0.25) is 0 Å². The van der Waals surface area contributed by atoms with Gasteiger partial charge in [0.1, 0.15) is 5.69 Å². The molecular weight excluding hydrogens is 226 g/mol. The molecule has 4 heteroatoms. The highest BCUT2D eigenvalue weighted by Crippen LogP contribution is 2.25. The van der Waals surface area contributed by atoms with Gasteiger partial charge < -0.3 is 14.6 Å². The first-order chi connectivity index (χ1) is 8.72. The number of nitrogens with one attached hydrogen (secondary N) is 1. The molecule has 1 heterocycles. The summed E-state index contributed by atoms with van der Waals surface area (Å²) < 4.78 is 5.48. The van der Waals surface area contributed by atoms with E-state index in [-0.39, 0.29) is 0 Å². The maximum atomic E-state index is 5.48. The summed E-state index contributed by atoms with van der Waals surface area (Å²) in [6, 6.07) is 8.28. The number of benzene rings is 1. The van der Waals surface area contributed by atoms with E-state index < -0.39 is 0 Å². The number of anilines is 1. The van der Waals surface area contributed by atoms with Gasteiger partial charge in [0.15, 0.2) is 12.2 Å². The number of hydrogen-bond acceptors (Lipinski definition) is 4. The van der Waals surface area contributed by atoms with Gasteiger partial charge in [0, 0.05) is 31.9 Å². The molecule has 0 aliphatic carbocycles. The average molecular weight is 245 g/mol. The van der Waals surface area contributed by atoms with Crippen molar-refractivity contribution in [3.05, 3.63) is 36.4 Å². The third-order valence-corrected chi connectivity index (χ3v) is 2.83. The van der Waals surface area contributed by atoms with E-state index in [2.05, 4.69) is 46.4 Å². The first kappa shape index (κ1) is 12.6. The second kappa shape index (κ2) is 5.69. The summed E-state index contributed by atoms with van der Waals surface area (Å²) >= 11 is 0. The summed E-state index contributed by atoms with van der Waals surface area (Å²) in [7, 11) is 4.06. The maximum absolute atomic E-state index is 5.48. The fourth-order valence-corrected chi connectivity index (χ4v) is 1.78. The fraction of sp³-hybridized carbons (Fsp3) is 0.357. The summed E-state index contributed by atoms with van der Waals surface area (Å²) in [4.78, 5) is 6.32. The largest absolute Gasteiger partial charge is 0.443 e. The van der Waals surface area contributed by atoms with Crippen LogP contribution >= 0.6 is 0 Å². The summed E-state index contributed by atoms with van der Waals surface area (Å²) in [5.74, 6) is 0.848. The summed E-state index contributed by atoms with van der Waals surface area (Å²) in [6.07, 6.45) is 1.50. The van der Waals surface area contributed by atoms with E-state index in [1.54, 1.807) is 0 Å². The van der Waals surface area contributed by atoms with Gasteiger partial charge in [-0.15, -0.1) is 0 Å². The van der Waals surface area contributed by atoms with E-state index in [0.717, 1.165) is 30.1 Å². The van der Waals surface area contributed by atoms with E-state index >= 15 is 0 Å². The molecule has 0 radical (unpaired) electrons. The molecule has 0 amide bonds. The van der Waals surface area contributed by atoms with Crippen LogP contribution in [0.3, 0.4) is 0 Å². The molecule has 0 fully saturated rings. The predicted molar refractivity (Wildman–Crippen MR) is 73.6 cm³/mol. The zero-order valence-corrected chi connectivity index (χ0v) is 11.1. The number of oxazole rings is 1. The van der Waals surface area contributed by atoms with Crippen LogP contribution in [-0.2, 0) is 6.54 Å². The first-order valence-corrected chi connectivity index (χ1v) is 6.13. The Hall–Kier alpha value is -1.81. The number of nitrogens with zero attached hydrogens (tertiary/aromatic N) is 2. The van der Waals surface area contributed by atoms with E-state index in [1.165, 1.54) is 12.1 Å². The van der Waals surface area contributed by atoms with Crippen LogP contribution in [0.15, 0.2) is 35.1 Å². The maximum Gasteiger partial charge on any atom is 0.181 e. The Morgan fingerprint density at radius 2 is 1.94 bits per heavy atom. The fourth-order valence-electron chi connectivity index (χ4n) is 1.78. The second-order valence-corrected chi connectivity index (χ2v) is 4.35. The molecule has 2 rings (SSSR count). The topological polar surface area (TPSA) is 41.3 Å². The average Bonchev–Trinajstić information content (AvgIpc) is 2.84. The monoisotopic (exact) mass is 245 g/mol. The molecule has 1 aromatic heterocycles. The van der Waals surface area contributed by atoms with E-state index in [9.17, 15) is 0 Å². The molecule has 0 spiro atoms. The van der Waals surface area contributed by atoms with Crippen LogP contribution in [0.25, 0.3) is 11.3 Å². The molecule has 18 heavy (non-hydrogen) atoms. The normalized spacial score (nSPS) is 10.6. The van der Waals surface area contributed by atoms with Crippen molar-refractivity contribution in [2.45, 2.75) is 13.5 Å². The zero-order chi connectivity index (χ0) is 13.0. The molecule has 0 unspecified atom stereocenters. The van der Waals surface area contributed by atoms with Gasteiger partial charge in [-0.25, -0.2) is 4.98 Å². The van der Waals surface area contributed by atoms with Crippen LogP contribution in [0.5, 0.6) is 0 Å². The van der Waals surface area contributed by atoms with Crippen molar-refractivity contribution >= 4 is 5.69 Å². The molecule has 0 atom stereocenters. The van der Waals surface area contributed by atoms with Gasteiger partial charge in [-0.2, -0.15) is 0 Å². The van der Waals surface area contributed by atoms with E-state index in [4.69, 9.17) is 4.42 Å². The molecule has 0 aliphatic rings. The van der Waals surface area contributed by atoms with Crippen molar-refractivity contribution in [3.8, 4) is 11.3 Å². The van der Waals surface area contributed by atoms with Gasteiger partial charge in [-0.3, -0.25) is 0 Å². The van der Waals surface area contributed by atoms with Crippen molar-refractivity contribution in [1.82, 2.24) is 10.3 Å². The molecule has 2 aromatic rings. The molecule has 0 bridgehead atoms. The van der Waals surface area contributed by atoms with Crippen LogP contribution in [0.1, 0.15) is 12.6 Å². The van der Waals surface area contributed by atoms with E-state index in [0.29, 0.717) is 0 Å². The lowest BCUT2D eigenvalue weighted by atomic mass is 10.1. The quantitative estimate of drug-likeness (QED) is 0.878. The van der Waals surface area contributed by atoms with Crippen LogP contribution < -0.4 is 10.2 Å². The lowest BCUT2D eigenvalue weighted by Crippen LogP contribution is -2.12. The molecule has 96 valence electrons. The number of rotatable bonds is 5. The number of hydrogen-bond donors (Lipinski definition) is 1. The minimum absolute atomic E-state index is 0.734. The minimum Gasteiger partial charge on any atom is -0.443 e. The predicted octanol–water partition coefficient (Wildman–Crippen LogP) is 2.52. The van der Waals surface area contributed by atoms with Gasteiger partial charge in [-0.1, -0.05) is 6.92 Å².